The predicted molar refractivity (Wildman–Crippen MR) is 106 cm³/mol. The number of rotatable bonds is 3. The maximum absolute atomic E-state index is 13.2. The molecule has 0 atom stereocenters. The van der Waals surface area contributed by atoms with Gasteiger partial charge in [0.2, 0.25) is 0 Å². The Morgan fingerprint density at radius 1 is 1.03 bits per heavy atom. The Morgan fingerprint density at radius 3 is 2.50 bits per heavy atom. The molecule has 2 heterocycles. The molecule has 4 nitrogen and oxygen atoms in total. The summed E-state index contributed by atoms with van der Waals surface area (Å²) >= 11 is 0. The standard InChI is InChI=1S/C23H19F3N2O2/c1-15-5-7-16(8-6-15)17-9-10-20-19(13-17)22(29)28(11-12-30-20)14-18-3-2-4-21(27-18)23(24,25)26/h2-10,13H,11-12,14H2,1H3. The third kappa shape index (κ3) is 4.15. The summed E-state index contributed by atoms with van der Waals surface area (Å²) in [6.07, 6.45) is -4.53. The van der Waals surface area contributed by atoms with Crippen LogP contribution in [0, 0.1) is 6.92 Å². The third-order valence-corrected chi connectivity index (χ3v) is 4.95. The summed E-state index contributed by atoms with van der Waals surface area (Å²) in [5, 5.41) is 0. The van der Waals surface area contributed by atoms with E-state index in [1.54, 1.807) is 12.1 Å². The van der Waals surface area contributed by atoms with Crippen LogP contribution in [0.15, 0.2) is 60.7 Å². The maximum Gasteiger partial charge on any atom is 0.433 e. The minimum Gasteiger partial charge on any atom is -0.491 e. The molecule has 0 bridgehead atoms. The molecular weight excluding hydrogens is 393 g/mol. The van der Waals surface area contributed by atoms with Crippen molar-refractivity contribution in [1.82, 2.24) is 9.88 Å². The van der Waals surface area contributed by atoms with Crippen molar-refractivity contribution in [1.29, 1.82) is 0 Å². The summed E-state index contributed by atoms with van der Waals surface area (Å²) in [4.78, 5) is 18.3. The number of nitrogens with zero attached hydrogens (tertiary/aromatic N) is 2. The van der Waals surface area contributed by atoms with Gasteiger partial charge >= 0.3 is 6.18 Å². The van der Waals surface area contributed by atoms with Gasteiger partial charge in [-0.2, -0.15) is 13.2 Å². The number of hydrogen-bond donors (Lipinski definition) is 0. The van der Waals surface area contributed by atoms with Crippen molar-refractivity contribution in [3.8, 4) is 16.9 Å². The van der Waals surface area contributed by atoms with Crippen molar-refractivity contribution in [3.63, 3.8) is 0 Å². The molecule has 0 aliphatic carbocycles. The number of halogens is 3. The van der Waals surface area contributed by atoms with E-state index in [1.807, 2.05) is 37.3 Å². The first-order valence-electron chi connectivity index (χ1n) is 9.47. The second-order valence-corrected chi connectivity index (χ2v) is 7.16. The minimum atomic E-state index is -4.53. The highest BCUT2D eigenvalue weighted by Gasteiger charge is 2.33. The van der Waals surface area contributed by atoms with Crippen molar-refractivity contribution < 1.29 is 22.7 Å². The topological polar surface area (TPSA) is 42.4 Å². The highest BCUT2D eigenvalue weighted by molar-refractivity contribution is 5.98. The molecule has 4 rings (SSSR count). The molecule has 2 aromatic carbocycles. The van der Waals surface area contributed by atoms with Crippen molar-refractivity contribution in [2.45, 2.75) is 19.6 Å². The summed E-state index contributed by atoms with van der Waals surface area (Å²) in [6, 6.07) is 17.0. The summed E-state index contributed by atoms with van der Waals surface area (Å²) in [5.74, 6) is 0.172. The first-order valence-corrected chi connectivity index (χ1v) is 9.47. The molecule has 0 saturated heterocycles. The lowest BCUT2D eigenvalue weighted by molar-refractivity contribution is -0.141. The number of aryl methyl sites for hydroxylation is 1. The highest BCUT2D eigenvalue weighted by Crippen LogP contribution is 2.31. The van der Waals surface area contributed by atoms with E-state index in [0.29, 0.717) is 11.3 Å². The molecule has 1 aliphatic rings. The van der Waals surface area contributed by atoms with Gasteiger partial charge in [-0.1, -0.05) is 42.0 Å². The highest BCUT2D eigenvalue weighted by atomic mass is 19.4. The molecule has 3 aromatic rings. The molecule has 154 valence electrons. The average molecular weight is 412 g/mol. The summed E-state index contributed by atoms with van der Waals surface area (Å²) in [7, 11) is 0. The van der Waals surface area contributed by atoms with Gasteiger partial charge in [-0.15, -0.1) is 0 Å². The van der Waals surface area contributed by atoms with Gasteiger partial charge in [0.05, 0.1) is 24.3 Å². The number of ether oxygens (including phenoxy) is 1. The van der Waals surface area contributed by atoms with Gasteiger partial charge in [-0.3, -0.25) is 4.79 Å². The quantitative estimate of drug-likeness (QED) is 0.600. The monoisotopic (exact) mass is 412 g/mol. The van der Waals surface area contributed by atoms with Crippen molar-refractivity contribution in [2.75, 3.05) is 13.2 Å². The zero-order chi connectivity index (χ0) is 21.3. The van der Waals surface area contributed by atoms with Crippen LogP contribution in [0.4, 0.5) is 13.2 Å². The molecule has 30 heavy (non-hydrogen) atoms. The first-order chi connectivity index (χ1) is 14.3. The number of alkyl halides is 3. The Morgan fingerprint density at radius 2 is 1.77 bits per heavy atom. The van der Waals surface area contributed by atoms with Gasteiger partial charge in [-0.05, 0) is 42.3 Å². The number of carbonyl (C=O) groups excluding carboxylic acids is 1. The Balaban J connectivity index is 1.63. The van der Waals surface area contributed by atoms with Crippen LogP contribution in [0.1, 0.15) is 27.3 Å². The zero-order valence-corrected chi connectivity index (χ0v) is 16.2. The van der Waals surface area contributed by atoms with Crippen molar-refractivity contribution in [2.24, 2.45) is 0 Å². The molecule has 0 unspecified atom stereocenters. The van der Waals surface area contributed by atoms with E-state index >= 15 is 0 Å². The van der Waals surface area contributed by atoms with Gasteiger partial charge in [0, 0.05) is 0 Å². The van der Waals surface area contributed by atoms with Crippen LogP contribution in [0.3, 0.4) is 0 Å². The number of benzene rings is 2. The fourth-order valence-corrected chi connectivity index (χ4v) is 3.36. The second kappa shape index (κ2) is 7.82. The molecule has 0 fully saturated rings. The van der Waals surface area contributed by atoms with Gasteiger partial charge in [0.25, 0.3) is 5.91 Å². The Kier molecular flexibility index (Phi) is 5.20. The Hall–Kier alpha value is -3.35. The summed E-state index contributed by atoms with van der Waals surface area (Å²) in [5.41, 5.74) is 2.55. The van der Waals surface area contributed by atoms with Crippen LogP contribution in [-0.4, -0.2) is 28.9 Å². The molecular formula is C23H19F3N2O2. The van der Waals surface area contributed by atoms with Gasteiger partial charge < -0.3 is 9.64 Å². The molecule has 0 radical (unpaired) electrons. The average Bonchev–Trinajstić information content (AvgIpc) is 2.87. The number of hydrogen-bond acceptors (Lipinski definition) is 3. The number of carbonyl (C=O) groups is 1. The van der Waals surface area contributed by atoms with Crippen LogP contribution < -0.4 is 4.74 Å². The van der Waals surface area contributed by atoms with E-state index < -0.39 is 11.9 Å². The molecule has 0 spiro atoms. The number of fused-ring (bicyclic) bond motifs is 1. The predicted octanol–water partition coefficient (Wildman–Crippen LogP) is 5.11. The van der Waals surface area contributed by atoms with E-state index in [1.165, 1.54) is 17.0 Å². The van der Waals surface area contributed by atoms with E-state index in [2.05, 4.69) is 4.98 Å². The summed E-state index contributed by atoms with van der Waals surface area (Å²) < 4.78 is 44.6. The van der Waals surface area contributed by atoms with E-state index in [-0.39, 0.29) is 31.3 Å². The van der Waals surface area contributed by atoms with Crippen molar-refractivity contribution >= 4 is 5.91 Å². The Labute approximate surface area is 171 Å². The molecule has 1 aromatic heterocycles. The largest absolute Gasteiger partial charge is 0.491 e. The van der Waals surface area contributed by atoms with Crippen LogP contribution in [0.2, 0.25) is 0 Å². The second-order valence-electron chi connectivity index (χ2n) is 7.16. The molecule has 1 amide bonds. The molecule has 0 saturated carbocycles. The lowest BCUT2D eigenvalue weighted by atomic mass is 10.0. The van der Waals surface area contributed by atoms with Crippen LogP contribution >= 0.6 is 0 Å². The van der Waals surface area contributed by atoms with Crippen molar-refractivity contribution in [3.05, 3.63) is 83.2 Å². The third-order valence-electron chi connectivity index (χ3n) is 4.95. The zero-order valence-electron chi connectivity index (χ0n) is 16.2. The molecule has 0 N–H and O–H groups in total. The van der Waals surface area contributed by atoms with Crippen LogP contribution in [-0.2, 0) is 12.7 Å². The van der Waals surface area contributed by atoms with E-state index in [4.69, 9.17) is 4.74 Å². The minimum absolute atomic E-state index is 0.0275. The fourth-order valence-electron chi connectivity index (χ4n) is 3.36. The van der Waals surface area contributed by atoms with Gasteiger partial charge in [0.1, 0.15) is 18.1 Å². The van der Waals surface area contributed by atoms with Crippen LogP contribution in [0.25, 0.3) is 11.1 Å². The summed E-state index contributed by atoms with van der Waals surface area (Å²) in [6.45, 7) is 2.48. The van der Waals surface area contributed by atoms with E-state index in [0.717, 1.165) is 22.8 Å². The van der Waals surface area contributed by atoms with Gasteiger partial charge in [-0.25, -0.2) is 4.98 Å². The molecule has 7 heteroatoms. The maximum atomic E-state index is 13.2. The van der Waals surface area contributed by atoms with E-state index in [9.17, 15) is 18.0 Å². The SMILES string of the molecule is Cc1ccc(-c2ccc3c(c2)C(=O)N(Cc2cccc(C(F)(F)F)n2)CCO3)cc1. The first kappa shape index (κ1) is 19.9. The number of pyridine rings is 1. The number of amides is 1. The lowest BCUT2D eigenvalue weighted by Gasteiger charge is -2.20. The van der Waals surface area contributed by atoms with Crippen LogP contribution in [0.5, 0.6) is 5.75 Å². The Bertz CT molecular complexity index is 1080. The fraction of sp³-hybridized carbons (Fsp3) is 0.217. The number of aromatic nitrogens is 1. The lowest BCUT2D eigenvalue weighted by Crippen LogP contribution is -2.32. The van der Waals surface area contributed by atoms with Gasteiger partial charge in [0.15, 0.2) is 0 Å². The molecule has 1 aliphatic heterocycles. The smallest absolute Gasteiger partial charge is 0.433 e. The normalized spacial score (nSPS) is 14.1.